The predicted molar refractivity (Wildman–Crippen MR) is 61.3 cm³/mol. The molecule has 0 radical (unpaired) electrons. The Kier molecular flexibility index (Phi) is 3.26. The molecule has 0 unspecified atom stereocenters. The summed E-state index contributed by atoms with van der Waals surface area (Å²) in [5, 5.41) is 11.1. The molecule has 7 heteroatoms. The molecular weight excluding hydrogens is 246 g/mol. The van der Waals surface area contributed by atoms with Crippen molar-refractivity contribution in [1.29, 1.82) is 0 Å². The molecule has 6 nitrogen and oxygen atoms in total. The molecule has 0 bridgehead atoms. The molecule has 2 N–H and O–H groups in total. The van der Waals surface area contributed by atoms with Crippen LogP contribution in [0.2, 0.25) is 0 Å². The molecule has 1 aliphatic rings. The maximum absolute atomic E-state index is 11.7. The van der Waals surface area contributed by atoms with E-state index in [0.29, 0.717) is 12.8 Å². The average molecular weight is 263 g/mol. The fourth-order valence-corrected chi connectivity index (χ4v) is 2.06. The maximum atomic E-state index is 11.7. The van der Waals surface area contributed by atoms with Gasteiger partial charge in [-0.2, -0.15) is 0 Å². The minimum absolute atomic E-state index is 0.351. The first kappa shape index (κ1) is 14.0. The quantitative estimate of drug-likeness (QED) is 0.739. The first-order valence-corrected chi connectivity index (χ1v) is 6.92. The van der Waals surface area contributed by atoms with Gasteiger partial charge in [0.2, 0.25) is 5.91 Å². The Hall–Kier alpha value is -1.11. The summed E-state index contributed by atoms with van der Waals surface area (Å²) in [6, 6.07) is 0. The second-order valence-electron chi connectivity index (χ2n) is 5.31. The normalized spacial score (nSPS) is 18.5. The van der Waals surface area contributed by atoms with Crippen LogP contribution < -0.4 is 5.32 Å². The van der Waals surface area contributed by atoms with Crippen LogP contribution in [0.15, 0.2) is 0 Å². The lowest BCUT2D eigenvalue weighted by atomic mass is 10.3. The van der Waals surface area contributed by atoms with E-state index in [2.05, 4.69) is 5.32 Å². The fraction of sp³-hybridized carbons (Fsp3) is 0.800. The van der Waals surface area contributed by atoms with E-state index in [1.807, 2.05) is 0 Å². The van der Waals surface area contributed by atoms with E-state index in [9.17, 15) is 18.0 Å². The molecule has 98 valence electrons. The summed E-state index contributed by atoms with van der Waals surface area (Å²) in [7, 11) is -3.57. The number of hydrogen-bond donors (Lipinski definition) is 2. The fourth-order valence-electron chi connectivity index (χ4n) is 1.21. The second kappa shape index (κ2) is 3.97. The largest absolute Gasteiger partial charge is 0.480 e. The van der Waals surface area contributed by atoms with Crippen molar-refractivity contribution in [1.82, 2.24) is 5.32 Å². The van der Waals surface area contributed by atoms with Gasteiger partial charge in [0.25, 0.3) is 0 Å². The molecule has 0 saturated heterocycles. The summed E-state index contributed by atoms with van der Waals surface area (Å²) in [6.07, 6.45) is 0.702. The van der Waals surface area contributed by atoms with Gasteiger partial charge in [-0.3, -0.25) is 4.79 Å². The van der Waals surface area contributed by atoms with E-state index in [1.165, 1.54) is 20.8 Å². The van der Waals surface area contributed by atoms with Crippen LogP contribution in [-0.2, 0) is 19.4 Å². The van der Waals surface area contributed by atoms with Gasteiger partial charge in [0.05, 0.1) is 4.75 Å². The number of sulfone groups is 1. The van der Waals surface area contributed by atoms with Crippen LogP contribution in [0, 0.1) is 0 Å². The molecule has 1 aliphatic carbocycles. The first-order valence-electron chi connectivity index (χ1n) is 5.27. The Bertz CT molecular complexity index is 442. The van der Waals surface area contributed by atoms with Crippen LogP contribution in [0.25, 0.3) is 0 Å². The van der Waals surface area contributed by atoms with E-state index < -0.39 is 37.8 Å². The van der Waals surface area contributed by atoms with Crippen molar-refractivity contribution in [3.8, 4) is 0 Å². The Morgan fingerprint density at radius 3 is 2.06 bits per heavy atom. The van der Waals surface area contributed by atoms with E-state index in [1.54, 1.807) is 0 Å². The summed E-state index contributed by atoms with van der Waals surface area (Å²) in [5.41, 5.74) is -1.23. The first-order chi connectivity index (χ1) is 7.50. The highest BCUT2D eigenvalue weighted by atomic mass is 32.2. The number of amides is 1. The highest BCUT2D eigenvalue weighted by Gasteiger charge is 2.52. The van der Waals surface area contributed by atoms with E-state index in [-0.39, 0.29) is 0 Å². The number of rotatable bonds is 4. The number of carboxylic acids is 1. The van der Waals surface area contributed by atoms with Gasteiger partial charge >= 0.3 is 5.97 Å². The topological polar surface area (TPSA) is 101 Å². The van der Waals surface area contributed by atoms with Crippen LogP contribution in [0.3, 0.4) is 0 Å². The van der Waals surface area contributed by atoms with Crippen molar-refractivity contribution in [3.05, 3.63) is 0 Å². The van der Waals surface area contributed by atoms with Crippen molar-refractivity contribution >= 4 is 21.7 Å². The van der Waals surface area contributed by atoms with Gasteiger partial charge in [0.15, 0.2) is 9.84 Å². The Morgan fingerprint density at radius 2 is 1.76 bits per heavy atom. The van der Waals surface area contributed by atoms with Gasteiger partial charge in [0.1, 0.15) is 11.3 Å². The van der Waals surface area contributed by atoms with Crippen LogP contribution in [0.5, 0.6) is 0 Å². The molecule has 0 atom stereocenters. The second-order valence-corrected chi connectivity index (χ2v) is 8.05. The van der Waals surface area contributed by atoms with Crippen LogP contribution in [0.1, 0.15) is 33.6 Å². The smallest absolute Gasteiger partial charge is 0.329 e. The van der Waals surface area contributed by atoms with Gasteiger partial charge in [-0.15, -0.1) is 0 Å². The number of aliphatic carboxylic acids is 1. The van der Waals surface area contributed by atoms with E-state index in [0.717, 1.165) is 0 Å². The zero-order valence-electron chi connectivity index (χ0n) is 10.1. The van der Waals surface area contributed by atoms with Crippen molar-refractivity contribution < 1.29 is 23.1 Å². The number of carbonyl (C=O) groups excluding carboxylic acids is 1. The van der Waals surface area contributed by atoms with Gasteiger partial charge < -0.3 is 10.4 Å². The highest BCUT2D eigenvalue weighted by molar-refractivity contribution is 7.93. The minimum Gasteiger partial charge on any atom is -0.480 e. The molecule has 0 aliphatic heterocycles. The average Bonchev–Trinajstić information content (AvgIpc) is 2.81. The highest BCUT2D eigenvalue weighted by Crippen LogP contribution is 2.35. The van der Waals surface area contributed by atoms with Crippen LogP contribution in [0.4, 0.5) is 0 Å². The SMILES string of the molecule is CC(C)(C)S(=O)(=O)CC(=O)NC1(C(=O)O)CC1. The molecule has 1 saturated carbocycles. The van der Waals surface area contributed by atoms with Crippen molar-refractivity contribution in [2.75, 3.05) is 5.75 Å². The van der Waals surface area contributed by atoms with Gasteiger partial charge in [-0.25, -0.2) is 13.2 Å². The Balaban J connectivity index is 2.67. The molecule has 0 aromatic rings. The predicted octanol–water partition coefficient (Wildman–Crippen LogP) is -0.0669. The Labute approximate surface area is 100 Å². The third-order valence-electron chi connectivity index (χ3n) is 2.79. The van der Waals surface area contributed by atoms with Crippen molar-refractivity contribution in [2.45, 2.75) is 43.9 Å². The molecule has 0 heterocycles. The molecule has 1 amide bonds. The monoisotopic (exact) mass is 263 g/mol. The number of carboxylic acid groups (broad SMARTS) is 1. The number of carbonyl (C=O) groups is 2. The molecule has 1 rings (SSSR count). The maximum Gasteiger partial charge on any atom is 0.329 e. The van der Waals surface area contributed by atoms with Gasteiger partial charge in [0, 0.05) is 0 Å². The minimum atomic E-state index is -3.57. The lowest BCUT2D eigenvalue weighted by Gasteiger charge is -2.19. The zero-order valence-corrected chi connectivity index (χ0v) is 10.9. The Morgan fingerprint density at radius 1 is 1.29 bits per heavy atom. The van der Waals surface area contributed by atoms with E-state index in [4.69, 9.17) is 5.11 Å². The van der Waals surface area contributed by atoms with Gasteiger partial charge in [-0.1, -0.05) is 0 Å². The zero-order chi connectivity index (χ0) is 13.5. The summed E-state index contributed by atoms with van der Waals surface area (Å²) in [4.78, 5) is 22.3. The lowest BCUT2D eigenvalue weighted by molar-refractivity contribution is -0.142. The summed E-state index contributed by atoms with van der Waals surface area (Å²) in [6.45, 7) is 4.50. The molecule has 17 heavy (non-hydrogen) atoms. The van der Waals surface area contributed by atoms with Crippen molar-refractivity contribution in [2.24, 2.45) is 0 Å². The third kappa shape index (κ3) is 2.96. The molecule has 0 aromatic carbocycles. The number of nitrogens with one attached hydrogen (secondary N) is 1. The standard InChI is InChI=1S/C10H17NO5S/c1-9(2,3)17(15,16)6-7(12)11-10(4-5-10)8(13)14/h4-6H2,1-3H3,(H,11,12)(H,13,14). The lowest BCUT2D eigenvalue weighted by Crippen LogP contribution is -2.47. The third-order valence-corrected chi connectivity index (χ3v) is 5.30. The van der Waals surface area contributed by atoms with Gasteiger partial charge in [-0.05, 0) is 33.6 Å². The van der Waals surface area contributed by atoms with E-state index >= 15 is 0 Å². The summed E-state index contributed by atoms with van der Waals surface area (Å²) >= 11 is 0. The summed E-state index contributed by atoms with van der Waals surface area (Å²) < 4.78 is 22.4. The van der Waals surface area contributed by atoms with Crippen molar-refractivity contribution in [3.63, 3.8) is 0 Å². The molecular formula is C10H17NO5S. The van der Waals surface area contributed by atoms with Crippen LogP contribution in [-0.4, -0.2) is 41.4 Å². The molecule has 0 aromatic heterocycles. The van der Waals surface area contributed by atoms with Crippen LogP contribution >= 0.6 is 0 Å². The number of hydrogen-bond acceptors (Lipinski definition) is 4. The molecule has 1 fully saturated rings. The molecule has 0 spiro atoms. The summed E-state index contributed by atoms with van der Waals surface area (Å²) in [5.74, 6) is -2.54.